The molecular weight excluding hydrogens is 320 g/mol. The highest BCUT2D eigenvalue weighted by atomic mass is 35.5. The van der Waals surface area contributed by atoms with Crippen molar-refractivity contribution in [1.82, 2.24) is 19.5 Å². The first-order valence-electron chi connectivity index (χ1n) is 5.95. The zero-order valence-electron chi connectivity index (χ0n) is 11.3. The van der Waals surface area contributed by atoms with Crippen LogP contribution >= 0.6 is 22.9 Å². The van der Waals surface area contributed by atoms with Crippen LogP contribution in [-0.4, -0.2) is 23.2 Å². The van der Waals surface area contributed by atoms with E-state index < -0.39 is 10.0 Å². The van der Waals surface area contributed by atoms with Crippen molar-refractivity contribution in [3.63, 3.8) is 0 Å². The molecule has 20 heavy (non-hydrogen) atoms. The van der Waals surface area contributed by atoms with Crippen molar-refractivity contribution in [1.29, 1.82) is 0 Å². The van der Waals surface area contributed by atoms with Gasteiger partial charge < -0.3 is 0 Å². The first-order chi connectivity index (χ1) is 9.31. The molecule has 0 radical (unpaired) electrons. The maximum atomic E-state index is 12.2. The molecule has 6 nitrogen and oxygen atoms in total. The molecule has 0 aliphatic carbocycles. The average molecular weight is 335 g/mol. The Morgan fingerprint density at radius 3 is 2.75 bits per heavy atom. The maximum absolute atomic E-state index is 12.2. The van der Waals surface area contributed by atoms with E-state index in [0.717, 1.165) is 16.9 Å². The fourth-order valence-electron chi connectivity index (χ4n) is 1.63. The smallest absolute Gasteiger partial charge is 0.246 e. The molecule has 110 valence electrons. The highest BCUT2D eigenvalue weighted by Crippen LogP contribution is 2.29. The Balaban J connectivity index is 2.15. The second-order valence-electron chi connectivity index (χ2n) is 4.56. The molecule has 2 heterocycles. The van der Waals surface area contributed by atoms with E-state index in [2.05, 4.69) is 14.8 Å². The number of nitrogens with zero attached hydrogens (tertiary/aromatic N) is 3. The van der Waals surface area contributed by atoms with Gasteiger partial charge in [0.2, 0.25) is 0 Å². The molecule has 2 aromatic heterocycles. The van der Waals surface area contributed by atoms with E-state index in [9.17, 15) is 8.42 Å². The van der Waals surface area contributed by atoms with Gasteiger partial charge in [0.25, 0.3) is 10.0 Å². The largest absolute Gasteiger partial charge is 0.250 e. The topological polar surface area (TPSA) is 76.9 Å². The van der Waals surface area contributed by atoms with Gasteiger partial charge in [-0.25, -0.2) is 22.8 Å². The van der Waals surface area contributed by atoms with Crippen LogP contribution in [0, 0.1) is 6.92 Å². The monoisotopic (exact) mass is 334 g/mol. The van der Waals surface area contributed by atoms with Crippen LogP contribution in [0.4, 0.5) is 0 Å². The Labute approximate surface area is 126 Å². The molecule has 0 unspecified atom stereocenters. The summed E-state index contributed by atoms with van der Waals surface area (Å²) in [7, 11) is -3.58. The summed E-state index contributed by atoms with van der Waals surface area (Å²) in [6.07, 6.45) is 1.41. The second-order valence-corrected chi connectivity index (χ2v) is 8.21. The van der Waals surface area contributed by atoms with E-state index in [1.165, 1.54) is 6.33 Å². The number of aryl methyl sites for hydroxylation is 1. The summed E-state index contributed by atoms with van der Waals surface area (Å²) in [4.78, 5) is 4.06. The summed E-state index contributed by atoms with van der Waals surface area (Å²) in [6.45, 7) is 5.77. The number of aromatic nitrogens is 3. The minimum absolute atomic E-state index is 0.0923. The van der Waals surface area contributed by atoms with Gasteiger partial charge >= 0.3 is 0 Å². The second kappa shape index (κ2) is 5.80. The van der Waals surface area contributed by atoms with Crippen molar-refractivity contribution < 1.29 is 8.42 Å². The zero-order chi connectivity index (χ0) is 14.9. The van der Waals surface area contributed by atoms with Crippen LogP contribution < -0.4 is 4.72 Å². The van der Waals surface area contributed by atoms with Crippen LogP contribution in [0.15, 0.2) is 16.6 Å². The van der Waals surface area contributed by atoms with E-state index in [-0.39, 0.29) is 16.8 Å². The lowest BCUT2D eigenvalue weighted by atomic mass is 10.4. The molecule has 2 rings (SSSR count). The normalized spacial score (nSPS) is 12.2. The number of thiophene rings is 1. The molecule has 0 spiro atoms. The number of rotatable bonds is 5. The van der Waals surface area contributed by atoms with Crippen molar-refractivity contribution in [2.45, 2.75) is 37.6 Å². The molecular formula is C11H15ClN4O2S2. The molecule has 0 saturated carbocycles. The van der Waals surface area contributed by atoms with E-state index in [4.69, 9.17) is 11.6 Å². The SMILES string of the molecule is Cc1cc(S(=O)(=O)NCc2ncnn2C(C)C)sc1Cl. The molecule has 9 heteroatoms. The van der Waals surface area contributed by atoms with Gasteiger partial charge in [0.15, 0.2) is 0 Å². The molecule has 1 N–H and O–H groups in total. The van der Waals surface area contributed by atoms with Gasteiger partial charge in [-0.15, -0.1) is 11.3 Å². The highest BCUT2D eigenvalue weighted by Gasteiger charge is 2.19. The van der Waals surface area contributed by atoms with Crippen LogP contribution in [0.5, 0.6) is 0 Å². The molecule has 2 aromatic rings. The standard InChI is InChI=1S/C11H15ClN4O2S2/c1-7(2)16-9(13-6-14-16)5-15-20(17,18)10-4-8(3)11(12)19-10/h4,6-7,15H,5H2,1-3H3. The van der Waals surface area contributed by atoms with Crippen LogP contribution in [0.1, 0.15) is 31.3 Å². The lowest BCUT2D eigenvalue weighted by molar-refractivity contribution is 0.499. The van der Waals surface area contributed by atoms with Crippen LogP contribution in [-0.2, 0) is 16.6 Å². The van der Waals surface area contributed by atoms with Gasteiger partial charge in [-0.2, -0.15) is 5.10 Å². The molecule has 0 aliphatic heterocycles. The number of sulfonamides is 1. The molecule has 0 aromatic carbocycles. The van der Waals surface area contributed by atoms with E-state index >= 15 is 0 Å². The Morgan fingerprint density at radius 1 is 1.50 bits per heavy atom. The van der Waals surface area contributed by atoms with E-state index in [1.807, 2.05) is 13.8 Å². The fraction of sp³-hybridized carbons (Fsp3) is 0.455. The van der Waals surface area contributed by atoms with E-state index in [1.54, 1.807) is 17.7 Å². The zero-order valence-corrected chi connectivity index (χ0v) is 13.7. The summed E-state index contributed by atoms with van der Waals surface area (Å²) in [5.41, 5.74) is 0.752. The minimum Gasteiger partial charge on any atom is -0.246 e. The van der Waals surface area contributed by atoms with Crippen LogP contribution in [0.25, 0.3) is 0 Å². The maximum Gasteiger partial charge on any atom is 0.250 e. The third-order valence-electron chi connectivity index (χ3n) is 2.66. The fourth-order valence-corrected chi connectivity index (χ4v) is 4.36. The van der Waals surface area contributed by atoms with Crippen molar-refractivity contribution in [2.75, 3.05) is 0 Å². The third-order valence-corrected chi connectivity index (χ3v) is 6.09. The summed E-state index contributed by atoms with van der Waals surface area (Å²) < 4.78 is 29.2. The van der Waals surface area contributed by atoms with Gasteiger partial charge in [0.05, 0.1) is 10.9 Å². The van der Waals surface area contributed by atoms with Gasteiger partial charge in [0.1, 0.15) is 16.4 Å². The highest BCUT2D eigenvalue weighted by molar-refractivity contribution is 7.91. The third kappa shape index (κ3) is 3.20. The number of nitrogens with one attached hydrogen (secondary N) is 1. The molecule has 0 fully saturated rings. The molecule has 0 atom stereocenters. The van der Waals surface area contributed by atoms with Crippen molar-refractivity contribution in [3.8, 4) is 0 Å². The van der Waals surface area contributed by atoms with Crippen molar-refractivity contribution in [2.24, 2.45) is 0 Å². The van der Waals surface area contributed by atoms with Gasteiger partial charge in [-0.05, 0) is 32.4 Å². The lowest BCUT2D eigenvalue weighted by Gasteiger charge is -2.09. The quantitative estimate of drug-likeness (QED) is 0.910. The number of hydrogen-bond acceptors (Lipinski definition) is 5. The van der Waals surface area contributed by atoms with E-state index in [0.29, 0.717) is 10.2 Å². The van der Waals surface area contributed by atoms with Crippen molar-refractivity contribution >= 4 is 33.0 Å². The Bertz CT molecular complexity index is 686. The first kappa shape index (κ1) is 15.4. The molecule has 0 amide bonds. The Morgan fingerprint density at radius 2 is 2.20 bits per heavy atom. The Kier molecular flexibility index (Phi) is 4.48. The van der Waals surface area contributed by atoms with Gasteiger partial charge in [-0.1, -0.05) is 11.6 Å². The summed E-state index contributed by atoms with van der Waals surface area (Å²) in [5.74, 6) is 0.572. The summed E-state index contributed by atoms with van der Waals surface area (Å²) in [6, 6.07) is 1.68. The molecule has 0 saturated heterocycles. The molecule has 0 bridgehead atoms. The Hall–Kier alpha value is -0.960. The summed E-state index contributed by atoms with van der Waals surface area (Å²) in [5, 5.41) is 4.06. The number of halogens is 1. The van der Waals surface area contributed by atoms with Gasteiger partial charge in [0, 0.05) is 6.04 Å². The predicted molar refractivity (Wildman–Crippen MR) is 78.5 cm³/mol. The van der Waals surface area contributed by atoms with Gasteiger partial charge in [-0.3, -0.25) is 0 Å². The molecule has 0 aliphatic rings. The number of hydrogen-bond donors (Lipinski definition) is 1. The summed E-state index contributed by atoms with van der Waals surface area (Å²) >= 11 is 6.94. The first-order valence-corrected chi connectivity index (χ1v) is 8.63. The van der Waals surface area contributed by atoms with Crippen LogP contribution in [0.2, 0.25) is 4.34 Å². The lowest BCUT2D eigenvalue weighted by Crippen LogP contribution is -2.25. The van der Waals surface area contributed by atoms with Crippen molar-refractivity contribution in [3.05, 3.63) is 28.1 Å². The predicted octanol–water partition coefficient (Wildman–Crippen LogP) is 2.36. The average Bonchev–Trinajstić information content (AvgIpc) is 2.95. The minimum atomic E-state index is -3.58. The van der Waals surface area contributed by atoms with Crippen LogP contribution in [0.3, 0.4) is 0 Å².